The van der Waals surface area contributed by atoms with E-state index in [9.17, 15) is 9.59 Å². The van der Waals surface area contributed by atoms with E-state index in [1.54, 1.807) is 29.0 Å². The monoisotopic (exact) mass is 414 g/mol. The fourth-order valence-corrected chi connectivity index (χ4v) is 3.82. The Hall–Kier alpha value is -4.11. The van der Waals surface area contributed by atoms with Crippen molar-refractivity contribution in [3.05, 3.63) is 88.6 Å². The number of thiophene rings is 1. The molecule has 146 valence electrons. The molecule has 0 fully saturated rings. The first-order valence-corrected chi connectivity index (χ1v) is 9.90. The van der Waals surface area contributed by atoms with E-state index in [1.807, 2.05) is 35.7 Å². The van der Waals surface area contributed by atoms with E-state index < -0.39 is 0 Å². The standard InChI is InChI=1S/C21H14N6O2S/c28-19(18-5-2-8-30-18)16-12-25-27-17(6-7-22-20(16)27)13-3-1-4-15(9-13)26-21(29)14-10-23-24-11-14/h1-12H,(H,23,24)(H,26,29). The van der Waals surface area contributed by atoms with Gasteiger partial charge in [0.2, 0.25) is 5.78 Å². The highest BCUT2D eigenvalue weighted by Gasteiger charge is 2.18. The first kappa shape index (κ1) is 18.0. The Labute approximate surface area is 174 Å². The number of nitrogens with zero attached hydrogens (tertiary/aromatic N) is 4. The lowest BCUT2D eigenvalue weighted by molar-refractivity contribution is 0.102. The van der Waals surface area contributed by atoms with Crippen LogP contribution in [0, 0.1) is 0 Å². The van der Waals surface area contributed by atoms with Crippen molar-refractivity contribution in [3.8, 4) is 11.3 Å². The van der Waals surface area contributed by atoms with E-state index in [4.69, 9.17) is 0 Å². The molecule has 0 bridgehead atoms. The van der Waals surface area contributed by atoms with Crippen LogP contribution in [-0.4, -0.2) is 36.5 Å². The van der Waals surface area contributed by atoms with Crippen molar-refractivity contribution in [2.75, 3.05) is 5.32 Å². The molecule has 0 unspecified atom stereocenters. The molecule has 0 aliphatic heterocycles. The van der Waals surface area contributed by atoms with Gasteiger partial charge < -0.3 is 5.32 Å². The number of benzene rings is 1. The molecule has 0 saturated carbocycles. The molecule has 5 rings (SSSR count). The van der Waals surface area contributed by atoms with Crippen molar-refractivity contribution in [3.63, 3.8) is 0 Å². The third kappa shape index (κ3) is 3.16. The van der Waals surface area contributed by atoms with Gasteiger partial charge in [0.1, 0.15) is 0 Å². The molecule has 0 atom stereocenters. The van der Waals surface area contributed by atoms with Gasteiger partial charge in [-0.2, -0.15) is 10.2 Å². The maximum atomic E-state index is 12.8. The molecule has 8 nitrogen and oxygen atoms in total. The average molecular weight is 414 g/mol. The van der Waals surface area contributed by atoms with E-state index in [1.165, 1.54) is 23.7 Å². The molecule has 1 amide bonds. The summed E-state index contributed by atoms with van der Waals surface area (Å²) in [7, 11) is 0. The van der Waals surface area contributed by atoms with Crippen LogP contribution in [0.15, 0.2) is 72.6 Å². The summed E-state index contributed by atoms with van der Waals surface area (Å²) in [6.45, 7) is 0. The van der Waals surface area contributed by atoms with E-state index >= 15 is 0 Å². The van der Waals surface area contributed by atoms with Crippen LogP contribution in [-0.2, 0) is 0 Å². The SMILES string of the molecule is O=C(Nc1cccc(-c2ccnc3c(C(=O)c4cccs4)cnn23)c1)c1cn[nH]c1. The molecule has 0 radical (unpaired) electrons. The molecular weight excluding hydrogens is 400 g/mol. The summed E-state index contributed by atoms with van der Waals surface area (Å²) in [5.41, 5.74) is 3.58. The zero-order valence-corrected chi connectivity index (χ0v) is 16.3. The fraction of sp³-hybridized carbons (Fsp3) is 0. The Kier molecular flexibility index (Phi) is 4.41. The molecule has 0 saturated heterocycles. The summed E-state index contributed by atoms with van der Waals surface area (Å²) >= 11 is 1.38. The number of hydrogen-bond acceptors (Lipinski definition) is 6. The molecule has 4 aromatic heterocycles. The lowest BCUT2D eigenvalue weighted by Gasteiger charge is -2.08. The molecule has 9 heteroatoms. The Morgan fingerprint density at radius 3 is 2.83 bits per heavy atom. The Morgan fingerprint density at radius 1 is 1.10 bits per heavy atom. The topological polar surface area (TPSA) is 105 Å². The van der Waals surface area contributed by atoms with Crippen LogP contribution in [0.5, 0.6) is 0 Å². The minimum absolute atomic E-state index is 0.106. The van der Waals surface area contributed by atoms with Gasteiger partial charge in [0.25, 0.3) is 5.91 Å². The minimum atomic E-state index is -0.260. The van der Waals surface area contributed by atoms with Gasteiger partial charge in [-0.3, -0.25) is 14.7 Å². The number of hydrogen-bond donors (Lipinski definition) is 2. The van der Waals surface area contributed by atoms with Crippen molar-refractivity contribution in [1.82, 2.24) is 24.8 Å². The number of ketones is 1. The number of fused-ring (bicyclic) bond motifs is 1. The number of H-pyrrole nitrogens is 1. The van der Waals surface area contributed by atoms with Gasteiger partial charge in [-0.25, -0.2) is 9.50 Å². The normalized spacial score (nSPS) is 10.9. The highest BCUT2D eigenvalue weighted by atomic mass is 32.1. The van der Waals surface area contributed by atoms with E-state index in [-0.39, 0.29) is 11.7 Å². The number of anilines is 1. The van der Waals surface area contributed by atoms with Gasteiger partial charge in [0.15, 0.2) is 5.65 Å². The number of amides is 1. The van der Waals surface area contributed by atoms with Crippen molar-refractivity contribution < 1.29 is 9.59 Å². The Morgan fingerprint density at radius 2 is 2.03 bits per heavy atom. The van der Waals surface area contributed by atoms with Crippen molar-refractivity contribution >= 4 is 34.4 Å². The number of carbonyl (C=O) groups excluding carboxylic acids is 2. The number of nitrogens with one attached hydrogen (secondary N) is 2. The summed E-state index contributed by atoms with van der Waals surface area (Å²) in [6, 6.07) is 12.8. The first-order chi connectivity index (χ1) is 14.7. The Bertz CT molecular complexity index is 1360. The van der Waals surface area contributed by atoms with Gasteiger partial charge in [-0.15, -0.1) is 11.3 Å². The van der Waals surface area contributed by atoms with Gasteiger partial charge in [0, 0.05) is 23.6 Å². The zero-order valence-electron chi connectivity index (χ0n) is 15.4. The van der Waals surface area contributed by atoms with Gasteiger partial charge in [-0.05, 0) is 29.6 Å². The first-order valence-electron chi connectivity index (χ1n) is 9.02. The molecule has 0 aliphatic rings. The maximum absolute atomic E-state index is 12.8. The van der Waals surface area contributed by atoms with Gasteiger partial charge in [-0.1, -0.05) is 18.2 Å². The smallest absolute Gasteiger partial charge is 0.258 e. The van der Waals surface area contributed by atoms with Crippen LogP contribution in [0.1, 0.15) is 25.6 Å². The average Bonchev–Trinajstić information content (AvgIpc) is 3.55. The van der Waals surface area contributed by atoms with E-state index in [2.05, 4.69) is 25.6 Å². The quantitative estimate of drug-likeness (QED) is 0.427. The second-order valence-electron chi connectivity index (χ2n) is 6.45. The molecule has 0 aliphatic carbocycles. The van der Waals surface area contributed by atoms with Crippen molar-refractivity contribution in [1.29, 1.82) is 0 Å². The number of rotatable bonds is 5. The predicted octanol–water partition coefficient (Wildman–Crippen LogP) is 3.66. The minimum Gasteiger partial charge on any atom is -0.322 e. The highest BCUT2D eigenvalue weighted by molar-refractivity contribution is 7.12. The Balaban J connectivity index is 1.51. The van der Waals surface area contributed by atoms with E-state index in [0.29, 0.717) is 27.3 Å². The van der Waals surface area contributed by atoms with Crippen LogP contribution in [0.2, 0.25) is 0 Å². The van der Waals surface area contributed by atoms with Crippen molar-refractivity contribution in [2.24, 2.45) is 0 Å². The second-order valence-corrected chi connectivity index (χ2v) is 7.40. The molecule has 0 spiro atoms. The summed E-state index contributed by atoms with van der Waals surface area (Å²) in [5, 5.41) is 15.5. The molecule has 30 heavy (non-hydrogen) atoms. The third-order valence-electron chi connectivity index (χ3n) is 4.57. The van der Waals surface area contributed by atoms with Gasteiger partial charge >= 0.3 is 0 Å². The number of carbonyl (C=O) groups is 2. The molecular formula is C21H14N6O2S. The summed E-state index contributed by atoms with van der Waals surface area (Å²) < 4.78 is 1.64. The third-order valence-corrected chi connectivity index (χ3v) is 5.44. The number of aromatic amines is 1. The van der Waals surface area contributed by atoms with Crippen molar-refractivity contribution in [2.45, 2.75) is 0 Å². The van der Waals surface area contributed by atoms with Crippen LogP contribution in [0.3, 0.4) is 0 Å². The molecule has 2 N–H and O–H groups in total. The van der Waals surface area contributed by atoms with Gasteiger partial charge in [0.05, 0.1) is 34.1 Å². The summed E-state index contributed by atoms with van der Waals surface area (Å²) in [6.07, 6.45) is 6.18. The molecule has 1 aromatic carbocycles. The molecule has 5 aromatic rings. The lowest BCUT2D eigenvalue weighted by Crippen LogP contribution is -2.11. The van der Waals surface area contributed by atoms with Crippen LogP contribution in [0.4, 0.5) is 5.69 Å². The second kappa shape index (κ2) is 7.37. The predicted molar refractivity (Wildman–Crippen MR) is 113 cm³/mol. The highest BCUT2D eigenvalue weighted by Crippen LogP contribution is 2.25. The van der Waals surface area contributed by atoms with Crippen LogP contribution >= 0.6 is 11.3 Å². The molecule has 4 heterocycles. The fourth-order valence-electron chi connectivity index (χ4n) is 3.15. The maximum Gasteiger partial charge on any atom is 0.258 e. The lowest BCUT2D eigenvalue weighted by atomic mass is 10.1. The largest absolute Gasteiger partial charge is 0.322 e. The summed E-state index contributed by atoms with van der Waals surface area (Å²) in [4.78, 5) is 30.1. The van der Waals surface area contributed by atoms with E-state index in [0.717, 1.165) is 11.3 Å². The zero-order chi connectivity index (χ0) is 20.5. The summed E-state index contributed by atoms with van der Waals surface area (Å²) in [5.74, 6) is -0.366. The van der Waals surface area contributed by atoms with Crippen LogP contribution in [0.25, 0.3) is 16.9 Å². The van der Waals surface area contributed by atoms with Crippen LogP contribution < -0.4 is 5.32 Å². The number of aromatic nitrogens is 5.